The zero-order valence-corrected chi connectivity index (χ0v) is 18.1. The van der Waals surface area contributed by atoms with E-state index in [0.717, 1.165) is 16.9 Å². The second kappa shape index (κ2) is 11.8. The molecule has 0 aliphatic heterocycles. The van der Waals surface area contributed by atoms with E-state index in [1.807, 2.05) is 38.1 Å². The molecule has 0 spiro atoms. The van der Waals surface area contributed by atoms with Crippen LogP contribution in [0.25, 0.3) is 6.08 Å². The molecule has 0 aliphatic rings. The summed E-state index contributed by atoms with van der Waals surface area (Å²) in [7, 11) is 0. The van der Waals surface area contributed by atoms with Gasteiger partial charge < -0.3 is 9.47 Å². The Kier molecular flexibility index (Phi) is 9.11. The van der Waals surface area contributed by atoms with Gasteiger partial charge in [0.15, 0.2) is 11.7 Å². The Balaban J connectivity index is 1.70. The molecule has 0 bridgehead atoms. The first-order valence-electron chi connectivity index (χ1n) is 9.07. The lowest BCUT2D eigenvalue weighted by Gasteiger charge is -2.11. The monoisotopic (exact) mass is 447 g/mol. The lowest BCUT2D eigenvalue weighted by molar-refractivity contribution is -0.123. The number of benzene rings is 2. The van der Waals surface area contributed by atoms with Crippen molar-refractivity contribution in [2.75, 3.05) is 13.2 Å². The topological polar surface area (TPSA) is 88.7 Å². The molecule has 0 fully saturated rings. The molecular weight excluding hydrogens is 426 g/mol. The SMILES string of the molecule is CCOc1ccc(/C=C/C(=O)NC(=S)NNC(=O)COc2ccc(Cl)c(C)c2)cc1. The van der Waals surface area contributed by atoms with E-state index in [-0.39, 0.29) is 11.7 Å². The van der Waals surface area contributed by atoms with Crippen LogP contribution < -0.4 is 25.6 Å². The first-order chi connectivity index (χ1) is 14.4. The van der Waals surface area contributed by atoms with Crippen LogP contribution in [0.15, 0.2) is 48.5 Å². The second-order valence-corrected chi connectivity index (χ2v) is 6.84. The number of halogens is 1. The summed E-state index contributed by atoms with van der Waals surface area (Å²) < 4.78 is 10.7. The van der Waals surface area contributed by atoms with Gasteiger partial charge in [0, 0.05) is 11.1 Å². The van der Waals surface area contributed by atoms with Crippen LogP contribution in [0.5, 0.6) is 11.5 Å². The van der Waals surface area contributed by atoms with Gasteiger partial charge in [-0.05, 0) is 73.6 Å². The largest absolute Gasteiger partial charge is 0.494 e. The second-order valence-electron chi connectivity index (χ2n) is 6.03. The molecule has 2 aromatic carbocycles. The van der Waals surface area contributed by atoms with Crippen molar-refractivity contribution in [1.29, 1.82) is 0 Å². The number of nitrogens with one attached hydrogen (secondary N) is 3. The highest BCUT2D eigenvalue weighted by Crippen LogP contribution is 2.20. The smallest absolute Gasteiger partial charge is 0.276 e. The van der Waals surface area contributed by atoms with E-state index in [1.165, 1.54) is 6.08 Å². The number of carbonyl (C=O) groups is 2. The van der Waals surface area contributed by atoms with Gasteiger partial charge >= 0.3 is 0 Å². The molecule has 0 atom stereocenters. The van der Waals surface area contributed by atoms with Crippen molar-refractivity contribution in [1.82, 2.24) is 16.2 Å². The first-order valence-corrected chi connectivity index (χ1v) is 9.85. The van der Waals surface area contributed by atoms with Crippen molar-refractivity contribution in [3.8, 4) is 11.5 Å². The molecule has 0 aliphatic carbocycles. The van der Waals surface area contributed by atoms with Crippen molar-refractivity contribution in [3.05, 3.63) is 64.7 Å². The van der Waals surface area contributed by atoms with Crippen LogP contribution in [0.1, 0.15) is 18.1 Å². The Bertz CT molecular complexity index is 932. The fourth-order valence-corrected chi connectivity index (χ4v) is 2.49. The van der Waals surface area contributed by atoms with E-state index in [9.17, 15) is 9.59 Å². The van der Waals surface area contributed by atoms with Crippen LogP contribution in [-0.2, 0) is 9.59 Å². The summed E-state index contributed by atoms with van der Waals surface area (Å²) in [6.07, 6.45) is 2.96. The van der Waals surface area contributed by atoms with Crippen LogP contribution in [0.3, 0.4) is 0 Å². The Morgan fingerprint density at radius 1 is 1.07 bits per heavy atom. The molecule has 0 saturated heterocycles. The minimum Gasteiger partial charge on any atom is -0.494 e. The molecule has 0 aromatic heterocycles. The molecule has 2 aromatic rings. The van der Waals surface area contributed by atoms with Crippen molar-refractivity contribution in [2.45, 2.75) is 13.8 Å². The molecule has 9 heteroatoms. The number of ether oxygens (including phenoxy) is 2. The van der Waals surface area contributed by atoms with Gasteiger partial charge in [-0.2, -0.15) is 0 Å². The van der Waals surface area contributed by atoms with Gasteiger partial charge in [-0.15, -0.1) is 0 Å². The maximum atomic E-state index is 11.9. The molecule has 0 unspecified atom stereocenters. The summed E-state index contributed by atoms with van der Waals surface area (Å²) >= 11 is 10.9. The normalized spacial score (nSPS) is 10.4. The summed E-state index contributed by atoms with van der Waals surface area (Å²) in [5, 5.41) is 2.99. The van der Waals surface area contributed by atoms with E-state index in [4.69, 9.17) is 33.3 Å². The van der Waals surface area contributed by atoms with E-state index >= 15 is 0 Å². The average Bonchev–Trinajstić information content (AvgIpc) is 2.73. The van der Waals surface area contributed by atoms with E-state index in [2.05, 4.69) is 16.2 Å². The minimum atomic E-state index is -0.468. The molecule has 7 nitrogen and oxygen atoms in total. The molecule has 158 valence electrons. The lowest BCUT2D eigenvalue weighted by Crippen LogP contribution is -2.49. The summed E-state index contributed by atoms with van der Waals surface area (Å²) in [6, 6.07) is 12.4. The van der Waals surface area contributed by atoms with Gasteiger partial charge in [0.05, 0.1) is 6.61 Å². The third-order valence-corrected chi connectivity index (χ3v) is 4.30. The van der Waals surface area contributed by atoms with Gasteiger partial charge in [-0.1, -0.05) is 23.7 Å². The Hall–Kier alpha value is -3.10. The number of hydrogen-bond acceptors (Lipinski definition) is 5. The number of aryl methyl sites for hydroxylation is 1. The fourth-order valence-electron chi connectivity index (χ4n) is 2.22. The van der Waals surface area contributed by atoms with Gasteiger partial charge in [-0.25, -0.2) is 0 Å². The Morgan fingerprint density at radius 2 is 1.77 bits per heavy atom. The predicted octanol–water partition coefficient (Wildman–Crippen LogP) is 3.16. The summed E-state index contributed by atoms with van der Waals surface area (Å²) in [6.45, 7) is 4.10. The maximum absolute atomic E-state index is 11.9. The highest BCUT2D eigenvalue weighted by molar-refractivity contribution is 7.80. The van der Waals surface area contributed by atoms with Crippen LogP contribution in [0.2, 0.25) is 5.02 Å². The third kappa shape index (κ3) is 8.10. The molecule has 0 saturated carbocycles. The van der Waals surface area contributed by atoms with E-state index in [1.54, 1.807) is 24.3 Å². The number of thiocarbonyl (C=S) groups is 1. The van der Waals surface area contributed by atoms with Gasteiger partial charge in [0.25, 0.3) is 5.91 Å². The average molecular weight is 448 g/mol. The quantitative estimate of drug-likeness (QED) is 0.343. The molecule has 2 rings (SSSR count). The zero-order valence-electron chi connectivity index (χ0n) is 16.5. The highest BCUT2D eigenvalue weighted by Gasteiger charge is 2.06. The van der Waals surface area contributed by atoms with Crippen LogP contribution >= 0.6 is 23.8 Å². The number of amides is 2. The third-order valence-electron chi connectivity index (χ3n) is 3.67. The van der Waals surface area contributed by atoms with Gasteiger partial charge in [-0.3, -0.25) is 25.8 Å². The Morgan fingerprint density at radius 3 is 2.43 bits per heavy atom. The van der Waals surface area contributed by atoms with Crippen LogP contribution in [0.4, 0.5) is 0 Å². The molecule has 3 N–H and O–H groups in total. The van der Waals surface area contributed by atoms with Crippen molar-refractivity contribution in [3.63, 3.8) is 0 Å². The standard InChI is InChI=1S/C21H22ClN3O4S/c1-3-28-16-7-4-15(5-8-16)6-11-19(26)23-21(30)25-24-20(27)13-29-17-9-10-18(22)14(2)12-17/h4-12H,3,13H2,1-2H3,(H,24,27)(H2,23,25,26,30)/b11-6+. The van der Waals surface area contributed by atoms with E-state index in [0.29, 0.717) is 17.4 Å². The zero-order chi connectivity index (χ0) is 21.9. The van der Waals surface area contributed by atoms with Crippen molar-refractivity contribution in [2.24, 2.45) is 0 Å². The van der Waals surface area contributed by atoms with Crippen molar-refractivity contribution < 1.29 is 19.1 Å². The maximum Gasteiger partial charge on any atom is 0.276 e. The van der Waals surface area contributed by atoms with E-state index < -0.39 is 11.8 Å². The molecule has 2 amide bonds. The number of hydrogen-bond donors (Lipinski definition) is 3. The number of hydrazine groups is 1. The number of carbonyl (C=O) groups excluding carboxylic acids is 2. The van der Waals surface area contributed by atoms with Gasteiger partial charge in [0.1, 0.15) is 11.5 Å². The lowest BCUT2D eigenvalue weighted by atomic mass is 10.2. The van der Waals surface area contributed by atoms with Crippen LogP contribution in [0, 0.1) is 6.92 Å². The molecule has 30 heavy (non-hydrogen) atoms. The predicted molar refractivity (Wildman–Crippen MR) is 120 cm³/mol. The molecular formula is C21H22ClN3O4S. The summed E-state index contributed by atoms with van der Waals surface area (Å²) in [4.78, 5) is 23.7. The number of rotatable bonds is 7. The Labute approximate surface area is 185 Å². The van der Waals surface area contributed by atoms with Crippen LogP contribution in [-0.4, -0.2) is 30.1 Å². The summed E-state index contributed by atoms with van der Waals surface area (Å²) in [5.41, 5.74) is 6.45. The molecule has 0 radical (unpaired) electrons. The highest BCUT2D eigenvalue weighted by atomic mass is 35.5. The fraction of sp³-hybridized carbons (Fsp3) is 0.190. The van der Waals surface area contributed by atoms with Gasteiger partial charge in [0.2, 0.25) is 5.91 Å². The minimum absolute atomic E-state index is 0.0490. The summed E-state index contributed by atoms with van der Waals surface area (Å²) in [5.74, 6) is 0.366. The van der Waals surface area contributed by atoms with Crippen molar-refractivity contribution >= 4 is 46.8 Å². The molecule has 0 heterocycles. The first kappa shape index (κ1) is 23.2.